The minimum Gasteiger partial charge on any atom is -0.497 e. The summed E-state index contributed by atoms with van der Waals surface area (Å²) in [6.45, 7) is 5.17. The SMILES string of the molecule is COc1ccc(NC(=O)CC2C(=O)N(c3ccc(OC)c(Cl)c3)C(=S)N2CCN2CCN(C)CC2)cc1. The van der Waals surface area contributed by atoms with Gasteiger partial charge in [0.25, 0.3) is 5.91 Å². The Morgan fingerprint density at radius 3 is 2.38 bits per heavy atom. The van der Waals surface area contributed by atoms with Gasteiger partial charge in [-0.3, -0.25) is 19.4 Å². The molecule has 2 aromatic carbocycles. The molecule has 9 nitrogen and oxygen atoms in total. The van der Waals surface area contributed by atoms with E-state index in [1.54, 1.807) is 49.6 Å². The first-order valence-corrected chi connectivity index (χ1v) is 12.9. The molecule has 0 saturated carbocycles. The standard InChI is InChI=1S/C26H32ClN5O4S/c1-29-10-12-30(13-11-29)14-15-31-22(17-24(33)28-18-4-7-20(35-2)8-5-18)25(34)32(26(31)37)19-6-9-23(36-3)21(27)16-19/h4-9,16,22H,10-15,17H2,1-3H3,(H,28,33). The van der Waals surface area contributed by atoms with Gasteiger partial charge in [0.15, 0.2) is 5.11 Å². The number of piperazine rings is 1. The van der Waals surface area contributed by atoms with E-state index in [0.717, 1.165) is 32.7 Å². The van der Waals surface area contributed by atoms with Crippen LogP contribution in [0, 0.1) is 0 Å². The van der Waals surface area contributed by atoms with Gasteiger partial charge in [-0.1, -0.05) is 11.6 Å². The lowest BCUT2D eigenvalue weighted by molar-refractivity contribution is -0.124. The average Bonchev–Trinajstić information content (AvgIpc) is 3.12. The zero-order valence-corrected chi connectivity index (χ0v) is 22.8. The van der Waals surface area contributed by atoms with Gasteiger partial charge in [0, 0.05) is 45.0 Å². The molecule has 0 aliphatic carbocycles. The number of likely N-dealkylation sites (N-methyl/N-ethyl adjacent to an activating group) is 1. The number of thiocarbonyl (C=S) groups is 1. The third kappa shape index (κ3) is 6.32. The van der Waals surface area contributed by atoms with Crippen molar-refractivity contribution in [2.24, 2.45) is 0 Å². The van der Waals surface area contributed by atoms with Crippen LogP contribution in [0.1, 0.15) is 6.42 Å². The smallest absolute Gasteiger partial charge is 0.256 e. The number of halogens is 1. The number of hydrogen-bond donors (Lipinski definition) is 1. The Hall–Kier alpha value is -2.92. The first-order chi connectivity index (χ1) is 17.8. The van der Waals surface area contributed by atoms with Crippen LogP contribution in [-0.2, 0) is 9.59 Å². The van der Waals surface area contributed by atoms with Gasteiger partial charge in [-0.25, -0.2) is 0 Å². The third-order valence-corrected chi connectivity index (χ3v) is 7.43. The number of carbonyl (C=O) groups excluding carboxylic acids is 2. The molecule has 198 valence electrons. The fraction of sp³-hybridized carbons (Fsp3) is 0.423. The summed E-state index contributed by atoms with van der Waals surface area (Å²) in [6.07, 6.45) is -0.0336. The molecule has 1 unspecified atom stereocenters. The Morgan fingerprint density at radius 2 is 1.76 bits per heavy atom. The van der Waals surface area contributed by atoms with Crippen LogP contribution in [0.15, 0.2) is 42.5 Å². The Kier molecular flexibility index (Phi) is 8.86. The summed E-state index contributed by atoms with van der Waals surface area (Å²) < 4.78 is 10.4. The Bertz CT molecular complexity index is 1140. The number of carbonyl (C=O) groups is 2. The molecule has 0 bridgehead atoms. The van der Waals surface area contributed by atoms with Gasteiger partial charge >= 0.3 is 0 Å². The number of rotatable bonds is 9. The highest BCUT2D eigenvalue weighted by Crippen LogP contribution is 2.33. The number of nitrogens with one attached hydrogen (secondary N) is 1. The topological polar surface area (TPSA) is 77.6 Å². The van der Waals surface area contributed by atoms with E-state index in [4.69, 9.17) is 33.3 Å². The predicted octanol–water partition coefficient (Wildman–Crippen LogP) is 2.94. The lowest BCUT2D eigenvalue weighted by atomic mass is 10.1. The first kappa shape index (κ1) is 27.1. The van der Waals surface area contributed by atoms with Gasteiger partial charge in [-0.15, -0.1) is 0 Å². The van der Waals surface area contributed by atoms with Gasteiger partial charge in [-0.05, 0) is 61.7 Å². The van der Waals surface area contributed by atoms with E-state index in [2.05, 4.69) is 22.2 Å². The van der Waals surface area contributed by atoms with Crippen LogP contribution in [0.2, 0.25) is 5.02 Å². The van der Waals surface area contributed by atoms with E-state index in [9.17, 15) is 9.59 Å². The number of benzene rings is 2. The molecule has 2 saturated heterocycles. The number of nitrogens with zero attached hydrogens (tertiary/aromatic N) is 4. The molecule has 2 amide bonds. The second-order valence-corrected chi connectivity index (χ2v) is 9.88. The molecule has 2 aromatic rings. The summed E-state index contributed by atoms with van der Waals surface area (Å²) in [4.78, 5) is 34.7. The Balaban J connectivity index is 1.52. The third-order valence-electron chi connectivity index (χ3n) is 6.72. The van der Waals surface area contributed by atoms with Crippen molar-refractivity contribution < 1.29 is 19.1 Å². The van der Waals surface area contributed by atoms with E-state index in [1.807, 2.05) is 4.90 Å². The maximum absolute atomic E-state index is 13.7. The normalized spacial score (nSPS) is 18.9. The van der Waals surface area contributed by atoms with Crippen LogP contribution in [0.4, 0.5) is 11.4 Å². The van der Waals surface area contributed by atoms with Crippen LogP contribution >= 0.6 is 23.8 Å². The molecular formula is C26H32ClN5O4S. The molecule has 1 atom stereocenters. The van der Waals surface area contributed by atoms with Gasteiger partial charge < -0.3 is 24.6 Å². The highest BCUT2D eigenvalue weighted by Gasteiger charge is 2.44. The second-order valence-electron chi connectivity index (χ2n) is 9.11. The summed E-state index contributed by atoms with van der Waals surface area (Å²) >= 11 is 12.1. The molecule has 0 radical (unpaired) electrons. The van der Waals surface area contributed by atoms with Crippen molar-refractivity contribution in [3.05, 3.63) is 47.5 Å². The Labute approximate surface area is 227 Å². The second kappa shape index (κ2) is 12.1. The lowest BCUT2D eigenvalue weighted by Gasteiger charge is -2.34. The number of hydrogen-bond acceptors (Lipinski definition) is 7. The average molecular weight is 546 g/mol. The quantitative estimate of drug-likeness (QED) is 0.482. The van der Waals surface area contributed by atoms with Crippen LogP contribution in [0.3, 0.4) is 0 Å². The maximum Gasteiger partial charge on any atom is 0.256 e. The van der Waals surface area contributed by atoms with Crippen molar-refractivity contribution in [3.8, 4) is 11.5 Å². The molecule has 4 rings (SSSR count). The van der Waals surface area contributed by atoms with E-state index >= 15 is 0 Å². The number of ether oxygens (including phenoxy) is 2. The largest absolute Gasteiger partial charge is 0.497 e. The molecule has 1 N–H and O–H groups in total. The zero-order chi connectivity index (χ0) is 26.5. The van der Waals surface area contributed by atoms with Crippen LogP contribution < -0.4 is 19.7 Å². The van der Waals surface area contributed by atoms with E-state index in [0.29, 0.717) is 39.6 Å². The molecular weight excluding hydrogens is 514 g/mol. The summed E-state index contributed by atoms with van der Waals surface area (Å²) in [5.41, 5.74) is 1.17. The number of anilines is 2. The van der Waals surface area contributed by atoms with Crippen molar-refractivity contribution in [1.82, 2.24) is 14.7 Å². The Morgan fingerprint density at radius 1 is 1.05 bits per heavy atom. The molecule has 2 fully saturated rings. The number of amides is 2. The predicted molar refractivity (Wildman–Crippen MR) is 149 cm³/mol. The molecule has 0 spiro atoms. The van der Waals surface area contributed by atoms with Crippen LogP contribution in [0.5, 0.6) is 11.5 Å². The van der Waals surface area contributed by atoms with E-state index in [-0.39, 0.29) is 18.2 Å². The highest BCUT2D eigenvalue weighted by atomic mass is 35.5. The maximum atomic E-state index is 13.7. The van der Waals surface area contributed by atoms with Crippen molar-refractivity contribution in [3.63, 3.8) is 0 Å². The number of methoxy groups -OCH3 is 2. The van der Waals surface area contributed by atoms with Crippen LogP contribution in [0.25, 0.3) is 0 Å². The van der Waals surface area contributed by atoms with E-state index < -0.39 is 6.04 Å². The fourth-order valence-electron chi connectivity index (χ4n) is 4.50. The highest BCUT2D eigenvalue weighted by molar-refractivity contribution is 7.80. The summed E-state index contributed by atoms with van der Waals surface area (Å²) in [7, 11) is 5.23. The fourth-order valence-corrected chi connectivity index (χ4v) is 5.17. The van der Waals surface area contributed by atoms with Gasteiger partial charge in [0.05, 0.1) is 31.4 Å². The van der Waals surface area contributed by atoms with E-state index in [1.165, 1.54) is 12.0 Å². The molecule has 0 aromatic heterocycles. The van der Waals surface area contributed by atoms with Gasteiger partial charge in [-0.2, -0.15) is 0 Å². The lowest BCUT2D eigenvalue weighted by Crippen LogP contribution is -2.48. The molecule has 37 heavy (non-hydrogen) atoms. The summed E-state index contributed by atoms with van der Waals surface area (Å²) in [5.74, 6) is 0.670. The monoisotopic (exact) mass is 545 g/mol. The van der Waals surface area contributed by atoms with Crippen molar-refractivity contribution in [1.29, 1.82) is 0 Å². The molecule has 11 heteroatoms. The van der Waals surface area contributed by atoms with Crippen LogP contribution in [-0.4, -0.2) is 98.2 Å². The zero-order valence-electron chi connectivity index (χ0n) is 21.3. The summed E-state index contributed by atoms with van der Waals surface area (Å²) in [6, 6.07) is 11.4. The minimum atomic E-state index is -0.723. The minimum absolute atomic E-state index is 0.0336. The molecule has 2 aliphatic heterocycles. The van der Waals surface area contributed by atoms with Crippen molar-refractivity contribution in [2.45, 2.75) is 12.5 Å². The summed E-state index contributed by atoms with van der Waals surface area (Å²) in [5, 5.41) is 3.62. The van der Waals surface area contributed by atoms with Crippen molar-refractivity contribution in [2.75, 3.05) is 70.8 Å². The first-order valence-electron chi connectivity index (χ1n) is 12.1. The van der Waals surface area contributed by atoms with Gasteiger partial charge in [0.2, 0.25) is 5.91 Å². The molecule has 2 heterocycles. The van der Waals surface area contributed by atoms with Crippen molar-refractivity contribution >= 4 is 52.1 Å². The molecule has 2 aliphatic rings. The van der Waals surface area contributed by atoms with Gasteiger partial charge in [0.1, 0.15) is 17.5 Å².